The average molecular weight is 484 g/mol. The van der Waals surface area contributed by atoms with Crippen molar-refractivity contribution in [3.63, 3.8) is 0 Å². The minimum atomic E-state index is 0.435. The molecule has 5 aromatic rings. The number of ether oxygens (including phenoxy) is 1. The summed E-state index contributed by atoms with van der Waals surface area (Å²) in [6.45, 7) is 1.82. The van der Waals surface area contributed by atoms with E-state index in [2.05, 4.69) is 66.1 Å². The fraction of sp³-hybridized carbons (Fsp3) is 0.100. The highest BCUT2D eigenvalue weighted by atomic mass is 79.9. The maximum atomic E-state index is 5.43. The zero-order valence-corrected chi connectivity index (χ0v) is 17.6. The zero-order chi connectivity index (χ0) is 18.7. The highest BCUT2D eigenvalue weighted by Gasteiger charge is 2.16. The van der Waals surface area contributed by atoms with Gasteiger partial charge in [0, 0.05) is 19.7 Å². The summed E-state index contributed by atoms with van der Waals surface area (Å²) in [7, 11) is 1.58. The third-order valence-corrected chi connectivity index (χ3v) is 5.55. The normalized spacial score (nSPS) is 11.7. The lowest BCUT2D eigenvalue weighted by atomic mass is 9.99. The van der Waals surface area contributed by atoms with Gasteiger partial charge in [-0.15, -0.1) is 0 Å². The van der Waals surface area contributed by atoms with Gasteiger partial charge in [-0.2, -0.15) is 4.98 Å². The topological polar surface area (TPSA) is 60.8 Å². The Morgan fingerprint density at radius 1 is 0.704 bits per heavy atom. The average Bonchev–Trinajstić information content (AvgIpc) is 2.66. The molecule has 0 aliphatic rings. The highest BCUT2D eigenvalue weighted by molar-refractivity contribution is 9.10. The number of benzene rings is 3. The molecular weight excluding hydrogens is 472 g/mol. The van der Waals surface area contributed by atoms with E-state index in [1.54, 1.807) is 7.11 Å². The lowest BCUT2D eigenvalue weighted by Gasteiger charge is -2.11. The molecular formula is C20H12Br2N4O. The first-order chi connectivity index (χ1) is 13.0. The Morgan fingerprint density at radius 3 is 1.89 bits per heavy atom. The summed E-state index contributed by atoms with van der Waals surface area (Å²) in [5.41, 5.74) is 2.70. The van der Waals surface area contributed by atoms with E-state index in [9.17, 15) is 0 Å². The summed E-state index contributed by atoms with van der Waals surface area (Å²) in [4.78, 5) is 18.6. The molecule has 0 N–H and O–H groups in total. The van der Waals surface area contributed by atoms with Crippen LogP contribution in [0.1, 0.15) is 5.82 Å². The monoisotopic (exact) mass is 482 g/mol. The SMILES string of the molecule is COc1nc(C)nc2nc3c4cc(Br)ccc4c4ccc(Br)cc4c3nc12. The summed E-state index contributed by atoms with van der Waals surface area (Å²) in [5.74, 6) is 1.03. The molecule has 0 amide bonds. The molecule has 0 aliphatic heterocycles. The maximum absolute atomic E-state index is 5.43. The molecule has 0 unspecified atom stereocenters. The summed E-state index contributed by atoms with van der Waals surface area (Å²) in [6, 6.07) is 12.4. The van der Waals surface area contributed by atoms with Crippen LogP contribution in [0, 0.1) is 6.92 Å². The molecule has 2 heterocycles. The number of aromatic nitrogens is 4. The van der Waals surface area contributed by atoms with E-state index in [0.717, 1.165) is 41.5 Å². The second-order valence-electron chi connectivity index (χ2n) is 6.25. The summed E-state index contributed by atoms with van der Waals surface area (Å²) in [5, 5.41) is 4.29. The first-order valence-corrected chi connectivity index (χ1v) is 9.84. The van der Waals surface area contributed by atoms with Crippen molar-refractivity contribution in [3.8, 4) is 5.88 Å². The maximum Gasteiger partial charge on any atom is 0.245 e. The van der Waals surface area contributed by atoms with Gasteiger partial charge in [0.05, 0.1) is 18.1 Å². The van der Waals surface area contributed by atoms with Crippen LogP contribution in [-0.4, -0.2) is 27.0 Å². The van der Waals surface area contributed by atoms with Gasteiger partial charge < -0.3 is 4.74 Å². The van der Waals surface area contributed by atoms with Crippen molar-refractivity contribution in [2.45, 2.75) is 6.92 Å². The Bertz CT molecular complexity index is 1400. The Balaban J connectivity index is 2.11. The van der Waals surface area contributed by atoms with Crippen LogP contribution in [0.15, 0.2) is 45.3 Å². The largest absolute Gasteiger partial charge is 0.479 e. The lowest BCUT2D eigenvalue weighted by Crippen LogP contribution is -2.00. The second-order valence-corrected chi connectivity index (χ2v) is 8.08. The molecule has 2 aromatic heterocycles. The molecule has 0 radical (unpaired) electrons. The van der Waals surface area contributed by atoms with Gasteiger partial charge in [0.2, 0.25) is 5.88 Å². The molecule has 0 aliphatic carbocycles. The molecule has 3 aromatic carbocycles. The van der Waals surface area contributed by atoms with Crippen LogP contribution in [0.4, 0.5) is 0 Å². The smallest absolute Gasteiger partial charge is 0.245 e. The first kappa shape index (κ1) is 16.8. The Kier molecular flexibility index (Phi) is 3.77. The van der Waals surface area contributed by atoms with E-state index in [0.29, 0.717) is 22.9 Å². The van der Waals surface area contributed by atoms with Crippen LogP contribution in [-0.2, 0) is 0 Å². The fourth-order valence-electron chi connectivity index (χ4n) is 3.44. The number of aryl methyl sites for hydroxylation is 1. The van der Waals surface area contributed by atoms with Gasteiger partial charge in [-0.25, -0.2) is 15.0 Å². The number of rotatable bonds is 1. The van der Waals surface area contributed by atoms with Crippen molar-refractivity contribution in [1.29, 1.82) is 0 Å². The van der Waals surface area contributed by atoms with E-state index < -0.39 is 0 Å². The number of hydrogen-bond acceptors (Lipinski definition) is 5. The van der Waals surface area contributed by atoms with E-state index in [4.69, 9.17) is 14.7 Å². The van der Waals surface area contributed by atoms with Gasteiger partial charge in [0.25, 0.3) is 0 Å². The molecule has 0 spiro atoms. The third-order valence-electron chi connectivity index (χ3n) is 4.57. The van der Waals surface area contributed by atoms with Gasteiger partial charge >= 0.3 is 0 Å². The molecule has 0 saturated carbocycles. The second kappa shape index (κ2) is 6.07. The van der Waals surface area contributed by atoms with Crippen molar-refractivity contribution in [2.75, 3.05) is 7.11 Å². The summed E-state index contributed by atoms with van der Waals surface area (Å²) >= 11 is 7.15. The molecule has 27 heavy (non-hydrogen) atoms. The number of methoxy groups -OCH3 is 1. The fourth-order valence-corrected chi connectivity index (χ4v) is 4.16. The van der Waals surface area contributed by atoms with Crippen LogP contribution >= 0.6 is 31.9 Å². The molecule has 5 rings (SSSR count). The van der Waals surface area contributed by atoms with Gasteiger partial charge in [-0.05, 0) is 42.0 Å². The number of fused-ring (bicyclic) bond motifs is 7. The molecule has 132 valence electrons. The van der Waals surface area contributed by atoms with Gasteiger partial charge in [0.1, 0.15) is 5.82 Å². The van der Waals surface area contributed by atoms with E-state index in [1.165, 1.54) is 0 Å². The Morgan fingerprint density at radius 2 is 1.30 bits per heavy atom. The van der Waals surface area contributed by atoms with E-state index in [1.807, 2.05) is 19.1 Å². The van der Waals surface area contributed by atoms with E-state index in [-0.39, 0.29) is 0 Å². The van der Waals surface area contributed by atoms with Gasteiger partial charge in [-0.3, -0.25) is 0 Å². The molecule has 0 saturated heterocycles. The Labute approximate surface area is 171 Å². The van der Waals surface area contributed by atoms with Crippen molar-refractivity contribution < 1.29 is 4.74 Å². The summed E-state index contributed by atoms with van der Waals surface area (Å²) < 4.78 is 7.41. The Hall–Kier alpha value is -2.38. The lowest BCUT2D eigenvalue weighted by molar-refractivity contribution is 0.400. The first-order valence-electron chi connectivity index (χ1n) is 8.26. The van der Waals surface area contributed by atoms with Crippen LogP contribution in [0.25, 0.3) is 43.7 Å². The van der Waals surface area contributed by atoms with Crippen LogP contribution in [0.5, 0.6) is 5.88 Å². The summed E-state index contributed by atoms with van der Waals surface area (Å²) in [6.07, 6.45) is 0. The van der Waals surface area contributed by atoms with Gasteiger partial charge in [-0.1, -0.05) is 44.0 Å². The van der Waals surface area contributed by atoms with E-state index >= 15 is 0 Å². The minimum absolute atomic E-state index is 0.435. The highest BCUT2D eigenvalue weighted by Crippen LogP contribution is 2.37. The van der Waals surface area contributed by atoms with Gasteiger partial charge in [0.15, 0.2) is 11.2 Å². The molecule has 0 fully saturated rings. The molecule has 0 atom stereocenters. The standard InChI is InChI=1S/C20H12Br2N4O/c1-9-23-19-18(20(24-9)27-2)25-16-14-7-10(21)3-5-12(14)13-6-4-11(22)8-15(13)17(16)26-19/h3-8H,1-2H3. The molecule has 5 nitrogen and oxygen atoms in total. The van der Waals surface area contributed by atoms with Crippen molar-refractivity contribution in [1.82, 2.24) is 19.9 Å². The van der Waals surface area contributed by atoms with Crippen molar-refractivity contribution in [3.05, 3.63) is 51.2 Å². The third kappa shape index (κ3) is 2.56. The van der Waals surface area contributed by atoms with Crippen molar-refractivity contribution in [2.24, 2.45) is 0 Å². The molecule has 0 bridgehead atoms. The van der Waals surface area contributed by atoms with Crippen molar-refractivity contribution >= 4 is 75.6 Å². The minimum Gasteiger partial charge on any atom is -0.479 e. The van der Waals surface area contributed by atoms with Crippen LogP contribution in [0.2, 0.25) is 0 Å². The predicted octanol–water partition coefficient (Wildman–Crippen LogP) is 5.72. The zero-order valence-electron chi connectivity index (χ0n) is 14.4. The number of hydrogen-bond donors (Lipinski definition) is 0. The quantitative estimate of drug-likeness (QED) is 0.225. The number of halogens is 2. The number of nitrogens with zero attached hydrogens (tertiary/aromatic N) is 4. The van der Waals surface area contributed by atoms with Crippen LogP contribution < -0.4 is 4.74 Å². The molecule has 7 heteroatoms. The predicted molar refractivity (Wildman–Crippen MR) is 114 cm³/mol. The van der Waals surface area contributed by atoms with Crippen LogP contribution in [0.3, 0.4) is 0 Å².